The van der Waals surface area contributed by atoms with Crippen molar-refractivity contribution in [2.45, 2.75) is 89.3 Å². The molecule has 2 nitrogen and oxygen atoms in total. The molecule has 2 aliphatic rings. The summed E-state index contributed by atoms with van der Waals surface area (Å²) in [5.74, 6) is 1.00. The van der Waals surface area contributed by atoms with Gasteiger partial charge >= 0.3 is 0 Å². The van der Waals surface area contributed by atoms with Crippen LogP contribution in [-0.4, -0.2) is 25.3 Å². The third kappa shape index (κ3) is 3.96. The van der Waals surface area contributed by atoms with Gasteiger partial charge in [-0.25, -0.2) is 0 Å². The molecule has 4 unspecified atom stereocenters. The zero-order valence-electron chi connectivity index (χ0n) is 12.3. The Bertz CT molecular complexity index is 231. The van der Waals surface area contributed by atoms with E-state index in [1.54, 1.807) is 0 Å². The average Bonchev–Trinajstić information content (AvgIpc) is 2.71. The Morgan fingerprint density at radius 3 is 2.61 bits per heavy atom. The van der Waals surface area contributed by atoms with Crippen LogP contribution in [0.15, 0.2) is 0 Å². The van der Waals surface area contributed by atoms with E-state index in [0.717, 1.165) is 12.0 Å². The van der Waals surface area contributed by atoms with E-state index in [1.807, 2.05) is 7.11 Å². The highest BCUT2D eigenvalue weighted by atomic mass is 16.5. The molecular formula is C16H31NO. The van der Waals surface area contributed by atoms with Crippen LogP contribution in [0.4, 0.5) is 0 Å². The molecule has 2 heteroatoms. The molecule has 0 amide bonds. The highest BCUT2D eigenvalue weighted by molar-refractivity contribution is 4.87. The molecule has 18 heavy (non-hydrogen) atoms. The van der Waals surface area contributed by atoms with Crippen molar-refractivity contribution < 1.29 is 4.74 Å². The van der Waals surface area contributed by atoms with Gasteiger partial charge in [0.05, 0.1) is 6.10 Å². The standard InChI is InChI=1S/C16H31NO/c1-3-6-13-7-4-8-14(12-11-13)17-15-9-5-10-16(15)18-2/h13-17H,3-12H2,1-2H3. The summed E-state index contributed by atoms with van der Waals surface area (Å²) in [7, 11) is 1.87. The summed E-state index contributed by atoms with van der Waals surface area (Å²) < 4.78 is 5.59. The highest BCUT2D eigenvalue weighted by Crippen LogP contribution is 2.29. The Morgan fingerprint density at radius 1 is 1.00 bits per heavy atom. The largest absolute Gasteiger partial charge is 0.380 e. The van der Waals surface area contributed by atoms with Crippen molar-refractivity contribution in [1.82, 2.24) is 5.32 Å². The van der Waals surface area contributed by atoms with Gasteiger partial charge < -0.3 is 10.1 Å². The third-order valence-electron chi connectivity index (χ3n) is 4.99. The molecule has 0 bridgehead atoms. The van der Waals surface area contributed by atoms with Gasteiger partial charge in [-0.05, 0) is 44.4 Å². The predicted octanol–water partition coefficient (Wildman–Crippen LogP) is 3.89. The van der Waals surface area contributed by atoms with Gasteiger partial charge in [0.1, 0.15) is 0 Å². The molecule has 1 N–H and O–H groups in total. The van der Waals surface area contributed by atoms with E-state index in [1.165, 1.54) is 64.2 Å². The maximum Gasteiger partial charge on any atom is 0.0724 e. The molecule has 0 aromatic rings. The lowest BCUT2D eigenvalue weighted by Gasteiger charge is -2.25. The number of rotatable bonds is 5. The monoisotopic (exact) mass is 253 g/mol. The fourth-order valence-electron chi connectivity index (χ4n) is 3.94. The van der Waals surface area contributed by atoms with Gasteiger partial charge in [0.15, 0.2) is 0 Å². The fraction of sp³-hybridized carbons (Fsp3) is 1.00. The van der Waals surface area contributed by atoms with Crippen LogP contribution in [-0.2, 0) is 4.74 Å². The Morgan fingerprint density at radius 2 is 1.83 bits per heavy atom. The number of hydrogen-bond donors (Lipinski definition) is 1. The molecule has 0 radical (unpaired) electrons. The molecule has 0 saturated heterocycles. The highest BCUT2D eigenvalue weighted by Gasteiger charge is 2.29. The van der Waals surface area contributed by atoms with Crippen molar-refractivity contribution in [3.05, 3.63) is 0 Å². The minimum absolute atomic E-state index is 0.472. The van der Waals surface area contributed by atoms with Crippen molar-refractivity contribution in [2.75, 3.05) is 7.11 Å². The molecule has 2 fully saturated rings. The van der Waals surface area contributed by atoms with Crippen molar-refractivity contribution in [3.8, 4) is 0 Å². The third-order valence-corrected chi connectivity index (χ3v) is 4.99. The van der Waals surface area contributed by atoms with Gasteiger partial charge in [-0.2, -0.15) is 0 Å². The van der Waals surface area contributed by atoms with Crippen LogP contribution in [0, 0.1) is 5.92 Å². The molecule has 0 aromatic carbocycles. The lowest BCUT2D eigenvalue weighted by atomic mass is 9.95. The molecule has 2 rings (SSSR count). The molecular weight excluding hydrogens is 222 g/mol. The minimum Gasteiger partial charge on any atom is -0.380 e. The predicted molar refractivity (Wildman–Crippen MR) is 76.8 cm³/mol. The quantitative estimate of drug-likeness (QED) is 0.750. The first-order chi connectivity index (χ1) is 8.83. The van der Waals surface area contributed by atoms with Gasteiger partial charge in [-0.1, -0.05) is 32.6 Å². The van der Waals surface area contributed by atoms with Crippen LogP contribution >= 0.6 is 0 Å². The van der Waals surface area contributed by atoms with Crippen molar-refractivity contribution >= 4 is 0 Å². The second kappa shape index (κ2) is 7.49. The topological polar surface area (TPSA) is 21.3 Å². The molecule has 2 aliphatic carbocycles. The summed E-state index contributed by atoms with van der Waals surface area (Å²) in [6.07, 6.45) is 14.3. The summed E-state index contributed by atoms with van der Waals surface area (Å²) >= 11 is 0. The summed E-state index contributed by atoms with van der Waals surface area (Å²) in [6, 6.07) is 1.38. The number of nitrogens with one attached hydrogen (secondary N) is 1. The Labute approximate surface area is 113 Å². The molecule has 2 saturated carbocycles. The van der Waals surface area contributed by atoms with Crippen LogP contribution in [0.3, 0.4) is 0 Å². The number of ether oxygens (including phenoxy) is 1. The van der Waals surface area contributed by atoms with E-state index >= 15 is 0 Å². The van der Waals surface area contributed by atoms with Crippen LogP contribution in [0.25, 0.3) is 0 Å². The second-order valence-electron chi connectivity index (χ2n) is 6.34. The first-order valence-corrected chi connectivity index (χ1v) is 8.12. The maximum atomic E-state index is 5.59. The maximum absolute atomic E-state index is 5.59. The van der Waals surface area contributed by atoms with E-state index in [9.17, 15) is 0 Å². The zero-order valence-corrected chi connectivity index (χ0v) is 12.3. The summed E-state index contributed by atoms with van der Waals surface area (Å²) in [5, 5.41) is 3.90. The summed E-state index contributed by atoms with van der Waals surface area (Å²) in [4.78, 5) is 0. The second-order valence-corrected chi connectivity index (χ2v) is 6.34. The molecule has 0 aliphatic heterocycles. The lowest BCUT2D eigenvalue weighted by molar-refractivity contribution is 0.0803. The van der Waals surface area contributed by atoms with Crippen LogP contribution < -0.4 is 5.32 Å². The van der Waals surface area contributed by atoms with Crippen molar-refractivity contribution in [3.63, 3.8) is 0 Å². The van der Waals surface area contributed by atoms with E-state index < -0.39 is 0 Å². The van der Waals surface area contributed by atoms with Gasteiger partial charge in [-0.15, -0.1) is 0 Å². The normalized spacial score (nSPS) is 37.7. The Balaban J connectivity index is 1.76. The lowest BCUT2D eigenvalue weighted by Crippen LogP contribution is -2.43. The smallest absolute Gasteiger partial charge is 0.0724 e. The molecule has 106 valence electrons. The minimum atomic E-state index is 0.472. The van der Waals surface area contributed by atoms with Gasteiger partial charge in [-0.3, -0.25) is 0 Å². The Kier molecular flexibility index (Phi) is 5.97. The summed E-state index contributed by atoms with van der Waals surface area (Å²) in [6.45, 7) is 2.32. The first kappa shape index (κ1) is 14.3. The van der Waals surface area contributed by atoms with Crippen molar-refractivity contribution in [1.29, 1.82) is 0 Å². The van der Waals surface area contributed by atoms with E-state index in [-0.39, 0.29) is 0 Å². The first-order valence-electron chi connectivity index (χ1n) is 8.12. The summed E-state index contributed by atoms with van der Waals surface area (Å²) in [5.41, 5.74) is 0. The van der Waals surface area contributed by atoms with Crippen LogP contribution in [0.2, 0.25) is 0 Å². The average molecular weight is 253 g/mol. The number of hydrogen-bond acceptors (Lipinski definition) is 2. The van der Waals surface area contributed by atoms with E-state index in [4.69, 9.17) is 4.74 Å². The van der Waals surface area contributed by atoms with Gasteiger partial charge in [0.2, 0.25) is 0 Å². The van der Waals surface area contributed by atoms with E-state index in [2.05, 4.69) is 12.2 Å². The Hall–Kier alpha value is -0.0800. The van der Waals surface area contributed by atoms with Crippen LogP contribution in [0.1, 0.15) is 71.1 Å². The number of methoxy groups -OCH3 is 1. The van der Waals surface area contributed by atoms with Gasteiger partial charge in [0.25, 0.3) is 0 Å². The molecule has 0 spiro atoms. The van der Waals surface area contributed by atoms with E-state index in [0.29, 0.717) is 12.1 Å². The van der Waals surface area contributed by atoms with Crippen LogP contribution in [0.5, 0.6) is 0 Å². The fourth-order valence-corrected chi connectivity index (χ4v) is 3.94. The molecule has 0 heterocycles. The van der Waals surface area contributed by atoms with Gasteiger partial charge in [0, 0.05) is 19.2 Å². The molecule has 0 aromatic heterocycles. The van der Waals surface area contributed by atoms with Crippen molar-refractivity contribution in [2.24, 2.45) is 5.92 Å². The molecule has 4 atom stereocenters. The zero-order chi connectivity index (χ0) is 12.8. The SMILES string of the molecule is CCCC1CCCC(NC2CCCC2OC)CC1.